The van der Waals surface area contributed by atoms with E-state index in [0.717, 1.165) is 24.1 Å². The third-order valence-corrected chi connectivity index (χ3v) is 3.80. The first-order valence-corrected chi connectivity index (χ1v) is 6.97. The van der Waals surface area contributed by atoms with Gasteiger partial charge in [-0.05, 0) is 19.4 Å². The molecular weight excluding hydrogens is 264 g/mol. The maximum Gasteiger partial charge on any atom is 0.255 e. The van der Waals surface area contributed by atoms with Crippen molar-refractivity contribution in [3.05, 3.63) is 53.6 Å². The van der Waals surface area contributed by atoms with Gasteiger partial charge in [0.1, 0.15) is 6.04 Å². The Balaban J connectivity index is 1.74. The molecule has 1 aromatic heterocycles. The maximum absolute atomic E-state index is 12.4. The van der Waals surface area contributed by atoms with Crippen LogP contribution in [0.5, 0.6) is 0 Å². The van der Waals surface area contributed by atoms with Crippen LogP contribution in [0.25, 0.3) is 0 Å². The van der Waals surface area contributed by atoms with Gasteiger partial charge in [-0.1, -0.05) is 17.7 Å². The number of benzene rings is 1. The highest BCUT2D eigenvalue weighted by Crippen LogP contribution is 2.33. The number of nitriles is 1. The van der Waals surface area contributed by atoms with Gasteiger partial charge in [0.05, 0.1) is 12.4 Å². The van der Waals surface area contributed by atoms with Crippen LogP contribution < -0.4 is 0 Å². The molecule has 1 unspecified atom stereocenters. The summed E-state index contributed by atoms with van der Waals surface area (Å²) in [6.07, 6.45) is 6.18. The first-order chi connectivity index (χ1) is 10.2. The van der Waals surface area contributed by atoms with Crippen molar-refractivity contribution >= 4 is 5.91 Å². The SMILES string of the molecule is Cc1ccc2c(c1)C(C#N)N(CCCn1ccnc1)C2=O. The lowest BCUT2D eigenvalue weighted by atomic mass is 10.0. The molecule has 0 N–H and O–H groups in total. The van der Waals surface area contributed by atoms with Crippen LogP contribution in [0.3, 0.4) is 0 Å². The predicted molar refractivity (Wildman–Crippen MR) is 77.4 cm³/mol. The molecule has 0 saturated heterocycles. The number of carbonyl (C=O) groups is 1. The molecule has 0 bridgehead atoms. The van der Waals surface area contributed by atoms with Gasteiger partial charge in [-0.3, -0.25) is 4.79 Å². The van der Waals surface area contributed by atoms with Gasteiger partial charge < -0.3 is 9.47 Å². The average Bonchev–Trinajstić information content (AvgIpc) is 3.07. The molecule has 1 aliphatic heterocycles. The summed E-state index contributed by atoms with van der Waals surface area (Å²) >= 11 is 0. The van der Waals surface area contributed by atoms with E-state index >= 15 is 0 Å². The number of amides is 1. The number of nitrogens with zero attached hydrogens (tertiary/aromatic N) is 4. The standard InChI is InChI=1S/C16H16N4O/c1-12-3-4-13-14(9-12)15(10-17)20(16(13)21)7-2-6-19-8-5-18-11-19/h3-5,8-9,11,15H,2,6-7H2,1H3. The third-order valence-electron chi connectivity index (χ3n) is 3.80. The van der Waals surface area contributed by atoms with E-state index in [4.69, 9.17) is 0 Å². The lowest BCUT2D eigenvalue weighted by Gasteiger charge is -2.20. The zero-order valence-corrected chi connectivity index (χ0v) is 11.9. The van der Waals surface area contributed by atoms with E-state index in [-0.39, 0.29) is 5.91 Å². The van der Waals surface area contributed by atoms with Crippen LogP contribution in [0, 0.1) is 18.3 Å². The van der Waals surface area contributed by atoms with Crippen molar-refractivity contribution in [2.75, 3.05) is 6.54 Å². The molecule has 5 nitrogen and oxygen atoms in total. The van der Waals surface area contributed by atoms with Gasteiger partial charge in [0.2, 0.25) is 0 Å². The topological polar surface area (TPSA) is 61.9 Å². The van der Waals surface area contributed by atoms with Gasteiger partial charge in [-0.25, -0.2) is 4.98 Å². The zero-order valence-electron chi connectivity index (χ0n) is 11.9. The normalized spacial score (nSPS) is 16.9. The summed E-state index contributed by atoms with van der Waals surface area (Å²) < 4.78 is 1.97. The Labute approximate surface area is 123 Å². The number of hydrogen-bond donors (Lipinski definition) is 0. The summed E-state index contributed by atoms with van der Waals surface area (Å²) in [7, 11) is 0. The fourth-order valence-electron chi connectivity index (χ4n) is 2.76. The number of aryl methyl sites for hydroxylation is 2. The summed E-state index contributed by atoms with van der Waals surface area (Å²) in [5.41, 5.74) is 2.57. The smallest absolute Gasteiger partial charge is 0.255 e. The summed E-state index contributed by atoms with van der Waals surface area (Å²) in [5, 5.41) is 9.42. The monoisotopic (exact) mass is 280 g/mol. The van der Waals surface area contributed by atoms with E-state index in [1.807, 2.05) is 35.9 Å². The van der Waals surface area contributed by atoms with E-state index in [1.54, 1.807) is 17.4 Å². The van der Waals surface area contributed by atoms with Gasteiger partial charge in [0.15, 0.2) is 0 Å². The van der Waals surface area contributed by atoms with Crippen molar-refractivity contribution in [2.45, 2.75) is 25.9 Å². The lowest BCUT2D eigenvalue weighted by Crippen LogP contribution is -2.29. The molecule has 1 aliphatic rings. The summed E-state index contributed by atoms with van der Waals surface area (Å²) in [6.45, 7) is 3.33. The Hall–Kier alpha value is -2.61. The van der Waals surface area contributed by atoms with Crippen molar-refractivity contribution in [2.24, 2.45) is 0 Å². The molecule has 2 heterocycles. The molecule has 5 heteroatoms. The predicted octanol–water partition coefficient (Wildman–Crippen LogP) is 2.30. The molecule has 106 valence electrons. The summed E-state index contributed by atoms with van der Waals surface area (Å²) in [6, 6.07) is 7.48. The number of carbonyl (C=O) groups excluding carboxylic acids is 1. The van der Waals surface area contributed by atoms with Crippen molar-refractivity contribution in [1.82, 2.24) is 14.5 Å². The van der Waals surface area contributed by atoms with Crippen molar-refractivity contribution in [3.63, 3.8) is 0 Å². The van der Waals surface area contributed by atoms with E-state index in [9.17, 15) is 10.1 Å². The van der Waals surface area contributed by atoms with Crippen molar-refractivity contribution in [3.8, 4) is 6.07 Å². The summed E-state index contributed by atoms with van der Waals surface area (Å²) in [4.78, 5) is 18.1. The van der Waals surface area contributed by atoms with Crippen LogP contribution in [-0.2, 0) is 6.54 Å². The highest BCUT2D eigenvalue weighted by molar-refractivity contribution is 5.99. The number of hydrogen-bond acceptors (Lipinski definition) is 3. The molecule has 2 aromatic rings. The Morgan fingerprint density at radius 3 is 2.95 bits per heavy atom. The first-order valence-electron chi connectivity index (χ1n) is 6.97. The Morgan fingerprint density at radius 1 is 1.38 bits per heavy atom. The van der Waals surface area contributed by atoms with Gasteiger partial charge in [0, 0.05) is 36.6 Å². The van der Waals surface area contributed by atoms with Crippen LogP contribution in [0.1, 0.15) is 33.9 Å². The maximum atomic E-state index is 12.4. The fourth-order valence-corrected chi connectivity index (χ4v) is 2.76. The number of rotatable bonds is 4. The molecule has 21 heavy (non-hydrogen) atoms. The molecule has 1 amide bonds. The van der Waals surface area contributed by atoms with E-state index in [0.29, 0.717) is 12.1 Å². The van der Waals surface area contributed by atoms with Crippen LogP contribution in [0.15, 0.2) is 36.9 Å². The summed E-state index contributed by atoms with van der Waals surface area (Å²) in [5.74, 6) is -0.0396. The van der Waals surface area contributed by atoms with Crippen LogP contribution in [0.4, 0.5) is 0 Å². The second-order valence-corrected chi connectivity index (χ2v) is 5.27. The minimum absolute atomic E-state index is 0.0396. The van der Waals surface area contributed by atoms with Gasteiger partial charge in [-0.2, -0.15) is 5.26 Å². The molecule has 0 aliphatic carbocycles. The van der Waals surface area contributed by atoms with E-state index < -0.39 is 6.04 Å². The molecule has 0 spiro atoms. The third kappa shape index (κ3) is 2.40. The van der Waals surface area contributed by atoms with Gasteiger partial charge in [0.25, 0.3) is 5.91 Å². The van der Waals surface area contributed by atoms with E-state index in [1.165, 1.54) is 0 Å². The zero-order chi connectivity index (χ0) is 14.8. The van der Waals surface area contributed by atoms with Crippen molar-refractivity contribution in [1.29, 1.82) is 5.26 Å². The highest BCUT2D eigenvalue weighted by Gasteiger charge is 2.36. The fraction of sp³-hybridized carbons (Fsp3) is 0.312. The van der Waals surface area contributed by atoms with E-state index in [2.05, 4.69) is 11.1 Å². The molecule has 0 fully saturated rings. The van der Waals surface area contributed by atoms with Crippen LogP contribution >= 0.6 is 0 Å². The Morgan fingerprint density at radius 2 is 2.24 bits per heavy atom. The van der Waals surface area contributed by atoms with Crippen LogP contribution in [-0.4, -0.2) is 26.9 Å². The van der Waals surface area contributed by atoms with Gasteiger partial charge >= 0.3 is 0 Å². The lowest BCUT2D eigenvalue weighted by molar-refractivity contribution is 0.0753. The number of aromatic nitrogens is 2. The molecular formula is C16H16N4O. The quantitative estimate of drug-likeness (QED) is 0.863. The van der Waals surface area contributed by atoms with Crippen molar-refractivity contribution < 1.29 is 4.79 Å². The second kappa shape index (κ2) is 5.41. The largest absolute Gasteiger partial charge is 0.337 e. The molecule has 0 radical (unpaired) electrons. The number of imidazole rings is 1. The number of fused-ring (bicyclic) bond motifs is 1. The van der Waals surface area contributed by atoms with Crippen LogP contribution in [0.2, 0.25) is 0 Å². The Bertz CT molecular complexity index is 700. The molecule has 0 saturated carbocycles. The average molecular weight is 280 g/mol. The first kappa shape index (κ1) is 13.4. The highest BCUT2D eigenvalue weighted by atomic mass is 16.2. The minimum Gasteiger partial charge on any atom is -0.337 e. The minimum atomic E-state index is -0.463. The van der Waals surface area contributed by atoms with Gasteiger partial charge in [-0.15, -0.1) is 0 Å². The molecule has 1 atom stereocenters. The second-order valence-electron chi connectivity index (χ2n) is 5.27. The molecule has 3 rings (SSSR count). The molecule has 1 aromatic carbocycles. The Kier molecular flexibility index (Phi) is 3.44.